The number of ether oxygens (including phenoxy) is 3. The van der Waals surface area contributed by atoms with Crippen molar-refractivity contribution in [1.29, 1.82) is 0 Å². The number of methoxy groups -OCH3 is 3. The molecule has 0 radical (unpaired) electrons. The lowest BCUT2D eigenvalue weighted by Crippen LogP contribution is -2.16. The Morgan fingerprint density at radius 1 is 1.14 bits per heavy atom. The molecule has 0 aliphatic rings. The van der Waals surface area contributed by atoms with Crippen LogP contribution in [0.2, 0.25) is 0 Å². The second-order valence-electron chi connectivity index (χ2n) is 4.71. The quantitative estimate of drug-likeness (QED) is 0.433. The monoisotopic (exact) mass is 308 g/mol. The maximum Gasteiger partial charge on any atom is 0.240 e. The van der Waals surface area contributed by atoms with E-state index in [2.05, 4.69) is 17.5 Å². The Kier molecular flexibility index (Phi) is 7.81. The van der Waals surface area contributed by atoms with Gasteiger partial charge in [-0.05, 0) is 18.6 Å². The summed E-state index contributed by atoms with van der Waals surface area (Å²) in [5, 5.41) is 3.95. The topological polar surface area (TPSA) is 69.2 Å². The molecule has 122 valence electrons. The van der Waals surface area contributed by atoms with Crippen LogP contribution in [0.1, 0.15) is 38.2 Å². The number of carbonyl (C=O) groups is 1. The van der Waals surface area contributed by atoms with Gasteiger partial charge >= 0.3 is 0 Å². The van der Waals surface area contributed by atoms with Crippen molar-refractivity contribution in [3.63, 3.8) is 0 Å². The number of nitrogens with one attached hydrogen (secondary N) is 1. The van der Waals surface area contributed by atoms with Gasteiger partial charge in [0.05, 0.1) is 27.5 Å². The molecule has 0 fully saturated rings. The number of hydrogen-bond donors (Lipinski definition) is 1. The molecule has 0 aliphatic carbocycles. The number of unbranched alkanes of at least 4 members (excludes halogenated alkanes) is 2. The summed E-state index contributed by atoms with van der Waals surface area (Å²) in [6, 6.07) is 3.52. The Morgan fingerprint density at radius 3 is 2.27 bits per heavy atom. The van der Waals surface area contributed by atoms with Crippen molar-refractivity contribution in [3.8, 4) is 17.2 Å². The molecule has 1 aromatic rings. The van der Waals surface area contributed by atoms with Crippen LogP contribution < -0.4 is 19.6 Å². The van der Waals surface area contributed by atoms with E-state index in [1.54, 1.807) is 39.7 Å². The van der Waals surface area contributed by atoms with Crippen LogP contribution in [0.4, 0.5) is 0 Å². The van der Waals surface area contributed by atoms with Crippen molar-refractivity contribution in [2.45, 2.75) is 32.6 Å². The molecule has 1 aromatic carbocycles. The van der Waals surface area contributed by atoms with E-state index in [9.17, 15) is 4.79 Å². The molecule has 1 N–H and O–H groups in total. The maximum absolute atomic E-state index is 11.6. The molecule has 1 amide bonds. The van der Waals surface area contributed by atoms with Gasteiger partial charge < -0.3 is 14.2 Å². The van der Waals surface area contributed by atoms with Crippen LogP contribution in [0.15, 0.2) is 17.2 Å². The van der Waals surface area contributed by atoms with Gasteiger partial charge in [-0.15, -0.1) is 0 Å². The minimum atomic E-state index is -0.0860. The lowest BCUT2D eigenvalue weighted by molar-refractivity contribution is -0.121. The van der Waals surface area contributed by atoms with Gasteiger partial charge in [0.2, 0.25) is 11.7 Å². The van der Waals surface area contributed by atoms with Gasteiger partial charge in [-0.3, -0.25) is 4.79 Å². The van der Waals surface area contributed by atoms with E-state index in [1.165, 1.54) is 0 Å². The number of hydrazone groups is 1. The average Bonchev–Trinajstić information content (AvgIpc) is 2.54. The highest BCUT2D eigenvalue weighted by molar-refractivity contribution is 5.84. The second kappa shape index (κ2) is 9.65. The van der Waals surface area contributed by atoms with Gasteiger partial charge in [0, 0.05) is 12.0 Å². The average molecular weight is 308 g/mol. The summed E-state index contributed by atoms with van der Waals surface area (Å²) < 4.78 is 15.8. The molecule has 6 nitrogen and oxygen atoms in total. The highest BCUT2D eigenvalue weighted by Gasteiger charge is 2.12. The van der Waals surface area contributed by atoms with Gasteiger partial charge in [-0.25, -0.2) is 5.43 Å². The highest BCUT2D eigenvalue weighted by Crippen LogP contribution is 2.37. The van der Waals surface area contributed by atoms with Crippen LogP contribution in [-0.2, 0) is 4.79 Å². The second-order valence-corrected chi connectivity index (χ2v) is 4.71. The summed E-state index contributed by atoms with van der Waals surface area (Å²) in [7, 11) is 4.64. The van der Waals surface area contributed by atoms with Crippen molar-refractivity contribution < 1.29 is 19.0 Å². The minimum Gasteiger partial charge on any atom is -0.493 e. The molecule has 0 heterocycles. The summed E-state index contributed by atoms with van der Waals surface area (Å²) in [4.78, 5) is 11.6. The first kappa shape index (κ1) is 17.8. The Labute approximate surface area is 131 Å². The first-order valence-electron chi connectivity index (χ1n) is 7.28. The molecule has 0 spiro atoms. The lowest BCUT2D eigenvalue weighted by atomic mass is 10.2. The van der Waals surface area contributed by atoms with Crippen molar-refractivity contribution >= 4 is 12.1 Å². The Bertz CT molecular complexity index is 490. The third-order valence-corrected chi connectivity index (χ3v) is 3.10. The molecule has 6 heteroatoms. The van der Waals surface area contributed by atoms with E-state index in [1.807, 2.05) is 0 Å². The number of hydrogen-bond acceptors (Lipinski definition) is 5. The molecular formula is C16H24N2O4. The fourth-order valence-corrected chi connectivity index (χ4v) is 1.95. The van der Waals surface area contributed by atoms with Gasteiger partial charge in [-0.2, -0.15) is 5.10 Å². The van der Waals surface area contributed by atoms with E-state index in [0.29, 0.717) is 23.7 Å². The van der Waals surface area contributed by atoms with E-state index in [-0.39, 0.29) is 5.91 Å². The van der Waals surface area contributed by atoms with Crippen molar-refractivity contribution in [2.75, 3.05) is 21.3 Å². The SMILES string of the molecule is CCCCCC(=O)N/N=C/c1cc(OC)c(OC)c(OC)c1. The molecule has 22 heavy (non-hydrogen) atoms. The Balaban J connectivity index is 2.72. The Morgan fingerprint density at radius 2 is 1.77 bits per heavy atom. The summed E-state index contributed by atoms with van der Waals surface area (Å²) in [5.41, 5.74) is 3.25. The van der Waals surface area contributed by atoms with E-state index < -0.39 is 0 Å². The van der Waals surface area contributed by atoms with Crippen LogP contribution in [0, 0.1) is 0 Å². The molecule has 0 bridgehead atoms. The maximum atomic E-state index is 11.6. The van der Waals surface area contributed by atoms with Gasteiger partial charge in [0.1, 0.15) is 0 Å². The molecule has 0 atom stereocenters. The van der Waals surface area contributed by atoms with Gasteiger partial charge in [0.25, 0.3) is 0 Å². The summed E-state index contributed by atoms with van der Waals surface area (Å²) >= 11 is 0. The first-order valence-corrected chi connectivity index (χ1v) is 7.28. The fraction of sp³-hybridized carbons (Fsp3) is 0.500. The van der Waals surface area contributed by atoms with Crippen LogP contribution in [0.3, 0.4) is 0 Å². The first-order chi connectivity index (χ1) is 10.7. The predicted octanol–water partition coefficient (Wildman–Crippen LogP) is 2.74. The standard InChI is InChI=1S/C16H24N2O4/c1-5-6-7-8-15(19)18-17-11-12-9-13(20-2)16(22-4)14(10-12)21-3/h9-11H,5-8H2,1-4H3,(H,18,19)/b17-11+. The van der Waals surface area contributed by atoms with Crippen molar-refractivity contribution in [3.05, 3.63) is 17.7 Å². The van der Waals surface area contributed by atoms with E-state index in [0.717, 1.165) is 24.8 Å². The van der Waals surface area contributed by atoms with Crippen molar-refractivity contribution in [2.24, 2.45) is 5.10 Å². The third kappa shape index (κ3) is 5.27. The Hall–Kier alpha value is -2.24. The van der Waals surface area contributed by atoms with Crippen molar-refractivity contribution in [1.82, 2.24) is 5.43 Å². The molecule has 0 unspecified atom stereocenters. The number of nitrogens with zero attached hydrogens (tertiary/aromatic N) is 1. The predicted molar refractivity (Wildman–Crippen MR) is 86.0 cm³/mol. The van der Waals surface area contributed by atoms with Crippen LogP contribution in [0.5, 0.6) is 17.2 Å². The third-order valence-electron chi connectivity index (χ3n) is 3.10. The molecule has 0 saturated heterocycles. The molecule has 0 saturated carbocycles. The lowest BCUT2D eigenvalue weighted by Gasteiger charge is -2.12. The van der Waals surface area contributed by atoms with Crippen LogP contribution in [0.25, 0.3) is 0 Å². The van der Waals surface area contributed by atoms with Crippen LogP contribution in [-0.4, -0.2) is 33.5 Å². The van der Waals surface area contributed by atoms with E-state index >= 15 is 0 Å². The fourth-order valence-electron chi connectivity index (χ4n) is 1.95. The number of rotatable bonds is 9. The number of benzene rings is 1. The largest absolute Gasteiger partial charge is 0.493 e. The number of amides is 1. The van der Waals surface area contributed by atoms with E-state index in [4.69, 9.17) is 14.2 Å². The molecule has 0 aliphatic heterocycles. The highest BCUT2D eigenvalue weighted by atomic mass is 16.5. The molecule has 1 rings (SSSR count). The normalized spacial score (nSPS) is 10.5. The molecule has 0 aromatic heterocycles. The zero-order valence-electron chi connectivity index (χ0n) is 13.6. The smallest absolute Gasteiger partial charge is 0.240 e. The summed E-state index contributed by atoms with van der Waals surface area (Å²) in [6.07, 6.45) is 5.04. The molecular weight excluding hydrogens is 284 g/mol. The van der Waals surface area contributed by atoms with Gasteiger partial charge in [-0.1, -0.05) is 19.8 Å². The summed E-state index contributed by atoms with van der Waals surface area (Å²) in [6.45, 7) is 2.10. The zero-order chi connectivity index (χ0) is 16.4. The van der Waals surface area contributed by atoms with Gasteiger partial charge in [0.15, 0.2) is 11.5 Å². The minimum absolute atomic E-state index is 0.0860. The zero-order valence-corrected chi connectivity index (χ0v) is 13.6. The summed E-state index contributed by atoms with van der Waals surface area (Å²) in [5.74, 6) is 1.51. The van der Waals surface area contributed by atoms with Crippen LogP contribution >= 0.6 is 0 Å². The number of carbonyl (C=O) groups excluding carboxylic acids is 1.